The fourth-order valence-electron chi connectivity index (χ4n) is 2.26. The number of rotatable bonds is 2. The summed E-state index contributed by atoms with van der Waals surface area (Å²) in [4.78, 5) is 14.1. The molecule has 0 aliphatic rings. The summed E-state index contributed by atoms with van der Waals surface area (Å²) >= 11 is 0. The molecule has 6 heteroatoms. The third-order valence-corrected chi connectivity index (χ3v) is 3.67. The average Bonchev–Trinajstić information content (AvgIpc) is 2.55. The van der Waals surface area contributed by atoms with Gasteiger partial charge in [-0.05, 0) is 49.2 Å². The van der Waals surface area contributed by atoms with E-state index < -0.39 is 12.1 Å². The fraction of sp³-hybridized carbons (Fsp3) is 0.222. The predicted octanol–water partition coefficient (Wildman–Crippen LogP) is 2.57. The van der Waals surface area contributed by atoms with E-state index in [1.54, 1.807) is 0 Å². The van der Waals surface area contributed by atoms with Crippen molar-refractivity contribution in [3.63, 3.8) is 0 Å². The number of hydrogen-bond donors (Lipinski definition) is 4. The summed E-state index contributed by atoms with van der Waals surface area (Å²) in [5.41, 5.74) is 16.6. The van der Waals surface area contributed by atoms with Gasteiger partial charge in [0, 0.05) is 16.5 Å². The highest BCUT2D eigenvalue weighted by Crippen LogP contribution is 2.29. The minimum Gasteiger partial charge on any atom is -0.479 e. The average molecular weight is 327 g/mol. The van der Waals surface area contributed by atoms with Crippen LogP contribution in [0.5, 0.6) is 0 Å². The molecule has 24 heavy (non-hydrogen) atoms. The van der Waals surface area contributed by atoms with Gasteiger partial charge in [-0.15, -0.1) is 0 Å². The molecule has 6 nitrogen and oxygen atoms in total. The van der Waals surface area contributed by atoms with E-state index in [1.807, 2.05) is 24.3 Å². The second-order valence-corrected chi connectivity index (χ2v) is 5.52. The van der Waals surface area contributed by atoms with Gasteiger partial charge in [-0.3, -0.25) is 0 Å². The summed E-state index contributed by atoms with van der Waals surface area (Å²) in [7, 11) is 0. The molecule has 1 heterocycles. The van der Waals surface area contributed by atoms with Gasteiger partial charge in [0.05, 0.1) is 16.7 Å². The van der Waals surface area contributed by atoms with Crippen molar-refractivity contribution in [3.8, 4) is 0 Å². The topological polar surface area (TPSA) is 122 Å². The van der Waals surface area contributed by atoms with Crippen LogP contribution in [-0.2, 0) is 11.2 Å². The molecule has 3 aromatic rings. The first kappa shape index (κ1) is 17.5. The molecule has 0 amide bonds. The number of pyridine rings is 1. The minimum atomic E-state index is -1.23. The number of aromatic nitrogens is 1. The smallest absolute Gasteiger partial charge is 0.332 e. The number of nitrogen functional groups attached to an aromatic ring is 2. The number of nitrogens with two attached hydrogens (primary N) is 2. The second kappa shape index (κ2) is 7.14. The minimum absolute atomic E-state index is 0.707. The Morgan fingerprint density at radius 2 is 1.79 bits per heavy atom. The molecular formula is C18H21N3O3. The van der Waals surface area contributed by atoms with Crippen molar-refractivity contribution >= 4 is 39.1 Å². The lowest BCUT2D eigenvalue weighted by molar-refractivity contribution is -0.145. The number of anilines is 2. The van der Waals surface area contributed by atoms with E-state index in [4.69, 9.17) is 21.7 Å². The summed E-state index contributed by atoms with van der Waals surface area (Å²) in [5.74, 6) is -1.19. The monoisotopic (exact) mass is 327 g/mol. The van der Waals surface area contributed by atoms with Crippen LogP contribution < -0.4 is 11.5 Å². The Hall–Kier alpha value is -2.86. The maximum absolute atomic E-state index is 9.45. The van der Waals surface area contributed by atoms with Crippen molar-refractivity contribution in [2.75, 3.05) is 11.5 Å². The summed E-state index contributed by atoms with van der Waals surface area (Å²) < 4.78 is 0. The maximum Gasteiger partial charge on any atom is 0.332 e. The Kier molecular flexibility index (Phi) is 5.21. The van der Waals surface area contributed by atoms with Gasteiger partial charge in [0.15, 0.2) is 0 Å². The van der Waals surface area contributed by atoms with Gasteiger partial charge in [0.25, 0.3) is 0 Å². The van der Waals surface area contributed by atoms with Crippen LogP contribution in [0.25, 0.3) is 21.8 Å². The third kappa shape index (κ3) is 3.72. The van der Waals surface area contributed by atoms with Crippen molar-refractivity contribution in [2.24, 2.45) is 0 Å². The largest absolute Gasteiger partial charge is 0.479 e. The zero-order valence-electron chi connectivity index (χ0n) is 13.7. The molecular weight excluding hydrogens is 306 g/mol. The second-order valence-electron chi connectivity index (χ2n) is 5.52. The number of nitrogens with zero attached hydrogens (tertiary/aromatic N) is 1. The summed E-state index contributed by atoms with van der Waals surface area (Å²) in [6.07, 6.45) is -0.236. The molecule has 6 N–H and O–H groups in total. The number of aliphatic hydroxyl groups is 1. The number of aliphatic carboxylic acids is 1. The Morgan fingerprint density at radius 3 is 2.38 bits per heavy atom. The van der Waals surface area contributed by atoms with Crippen LogP contribution in [0.4, 0.5) is 11.4 Å². The third-order valence-electron chi connectivity index (χ3n) is 3.67. The molecule has 0 bridgehead atoms. The Morgan fingerprint density at radius 1 is 1.12 bits per heavy atom. The van der Waals surface area contributed by atoms with Crippen LogP contribution in [0.3, 0.4) is 0 Å². The van der Waals surface area contributed by atoms with E-state index in [2.05, 4.69) is 24.0 Å². The lowest BCUT2D eigenvalue weighted by Gasteiger charge is -2.08. The lowest BCUT2D eigenvalue weighted by atomic mass is 10.0. The van der Waals surface area contributed by atoms with Crippen LogP contribution in [0.1, 0.15) is 19.4 Å². The predicted molar refractivity (Wildman–Crippen MR) is 96.8 cm³/mol. The molecule has 0 spiro atoms. The SMILES string of the molecule is CC(O)C(=O)O.CCc1ccc2nc3cc(N)ccc3c(N)c2c1. The highest BCUT2D eigenvalue weighted by atomic mass is 16.4. The number of aryl methyl sites for hydroxylation is 1. The van der Waals surface area contributed by atoms with Gasteiger partial charge in [0.1, 0.15) is 6.10 Å². The Labute approximate surface area is 139 Å². The van der Waals surface area contributed by atoms with E-state index in [1.165, 1.54) is 12.5 Å². The molecule has 0 saturated carbocycles. The van der Waals surface area contributed by atoms with Crippen molar-refractivity contribution < 1.29 is 15.0 Å². The van der Waals surface area contributed by atoms with Gasteiger partial charge in [-0.2, -0.15) is 0 Å². The van der Waals surface area contributed by atoms with Crippen LogP contribution in [-0.4, -0.2) is 27.3 Å². The number of carboxylic acid groups (broad SMARTS) is 1. The number of carboxylic acids is 1. The van der Waals surface area contributed by atoms with E-state index >= 15 is 0 Å². The number of aliphatic hydroxyl groups excluding tert-OH is 1. The molecule has 1 atom stereocenters. The highest BCUT2D eigenvalue weighted by molar-refractivity contribution is 6.07. The van der Waals surface area contributed by atoms with E-state index in [9.17, 15) is 4.79 Å². The van der Waals surface area contributed by atoms with Crippen LogP contribution in [0, 0.1) is 0 Å². The molecule has 1 aromatic heterocycles. The van der Waals surface area contributed by atoms with Crippen LogP contribution in [0.2, 0.25) is 0 Å². The first-order valence-corrected chi connectivity index (χ1v) is 7.61. The van der Waals surface area contributed by atoms with Crippen LogP contribution in [0.15, 0.2) is 36.4 Å². The summed E-state index contributed by atoms with van der Waals surface area (Å²) in [5, 5.41) is 17.8. The number of carbonyl (C=O) groups is 1. The zero-order valence-corrected chi connectivity index (χ0v) is 13.7. The Bertz CT molecular complexity index is 891. The Balaban J connectivity index is 0.000000301. The van der Waals surface area contributed by atoms with E-state index in [0.29, 0.717) is 5.69 Å². The van der Waals surface area contributed by atoms with Gasteiger partial charge in [-0.1, -0.05) is 13.0 Å². The number of fused-ring (bicyclic) bond motifs is 2. The highest BCUT2D eigenvalue weighted by Gasteiger charge is 2.07. The molecule has 0 radical (unpaired) electrons. The normalized spacial score (nSPS) is 11.8. The van der Waals surface area contributed by atoms with Gasteiger partial charge >= 0.3 is 5.97 Å². The lowest BCUT2D eigenvalue weighted by Crippen LogP contribution is -2.13. The van der Waals surface area contributed by atoms with Gasteiger partial charge in [0.2, 0.25) is 0 Å². The fourth-order valence-corrected chi connectivity index (χ4v) is 2.26. The molecule has 0 aliphatic heterocycles. The maximum atomic E-state index is 9.45. The number of benzene rings is 2. The molecule has 126 valence electrons. The van der Waals surface area contributed by atoms with Crippen LogP contribution >= 0.6 is 0 Å². The summed E-state index contributed by atoms with van der Waals surface area (Å²) in [6, 6.07) is 11.9. The molecule has 1 unspecified atom stereocenters. The van der Waals surface area contributed by atoms with Gasteiger partial charge < -0.3 is 21.7 Å². The van der Waals surface area contributed by atoms with Gasteiger partial charge in [-0.25, -0.2) is 9.78 Å². The van der Waals surface area contributed by atoms with Crippen molar-refractivity contribution in [1.29, 1.82) is 0 Å². The van der Waals surface area contributed by atoms with Crippen molar-refractivity contribution in [1.82, 2.24) is 4.98 Å². The number of hydrogen-bond acceptors (Lipinski definition) is 5. The molecule has 0 aliphatic carbocycles. The molecule has 3 rings (SSSR count). The zero-order chi connectivity index (χ0) is 17.9. The van der Waals surface area contributed by atoms with Crippen molar-refractivity contribution in [2.45, 2.75) is 26.4 Å². The summed E-state index contributed by atoms with van der Waals surface area (Å²) in [6.45, 7) is 3.33. The standard InChI is InChI=1S/C15H15N3.C3H6O3/c1-2-9-3-6-13-12(7-9)15(17)11-5-4-10(16)8-14(11)18-13;1-2(4)3(5)6/h3-8H,2,16H2,1H3,(H2,17,18);2,4H,1H3,(H,5,6). The molecule has 2 aromatic carbocycles. The molecule has 0 fully saturated rings. The quantitative estimate of drug-likeness (QED) is 0.424. The van der Waals surface area contributed by atoms with E-state index in [0.717, 1.165) is 33.9 Å². The molecule has 0 saturated heterocycles. The van der Waals surface area contributed by atoms with E-state index in [-0.39, 0.29) is 0 Å². The van der Waals surface area contributed by atoms with Crippen molar-refractivity contribution in [3.05, 3.63) is 42.0 Å². The first-order valence-electron chi connectivity index (χ1n) is 7.61. The first-order chi connectivity index (χ1) is 11.3.